The van der Waals surface area contributed by atoms with Crippen LogP contribution >= 0.6 is 0 Å². The summed E-state index contributed by atoms with van der Waals surface area (Å²) in [5.41, 5.74) is 0. The summed E-state index contributed by atoms with van der Waals surface area (Å²) in [4.78, 5) is 0. The highest BCUT2D eigenvalue weighted by atomic mass is 32.2. The molecule has 0 spiro atoms. The molecule has 5 heteroatoms. The normalized spacial score (nSPS) is 20.1. The van der Waals surface area contributed by atoms with Gasteiger partial charge in [-0.2, -0.15) is 0 Å². The highest BCUT2D eigenvalue weighted by Gasteiger charge is 2.26. The van der Waals surface area contributed by atoms with E-state index >= 15 is 0 Å². The summed E-state index contributed by atoms with van der Waals surface area (Å²) in [5.74, 6) is 0.315. The number of sulfonamides is 1. The Hall–Kier alpha value is -0.130. The average molecular weight is 248 g/mol. The van der Waals surface area contributed by atoms with Gasteiger partial charge < -0.3 is 5.32 Å². The van der Waals surface area contributed by atoms with Crippen LogP contribution in [0, 0.1) is 0 Å². The molecule has 0 radical (unpaired) electrons. The van der Waals surface area contributed by atoms with E-state index in [9.17, 15) is 8.42 Å². The zero-order valence-electron chi connectivity index (χ0n) is 10.4. The summed E-state index contributed by atoms with van der Waals surface area (Å²) < 4.78 is 25.5. The van der Waals surface area contributed by atoms with Crippen LogP contribution in [0.4, 0.5) is 0 Å². The first-order chi connectivity index (χ1) is 7.60. The summed E-state index contributed by atoms with van der Waals surface area (Å²) in [7, 11) is -2.98. The SMILES string of the molecule is CCCCS(=O)(=O)N1CCC(NCC)CC1. The molecule has 0 saturated carbocycles. The largest absolute Gasteiger partial charge is 0.314 e. The number of hydrogen-bond donors (Lipinski definition) is 1. The first-order valence-electron chi connectivity index (χ1n) is 6.31. The number of piperidine rings is 1. The first kappa shape index (κ1) is 13.9. The van der Waals surface area contributed by atoms with Crippen molar-refractivity contribution in [3.63, 3.8) is 0 Å². The molecule has 0 amide bonds. The lowest BCUT2D eigenvalue weighted by molar-refractivity contribution is 0.292. The number of unbranched alkanes of at least 4 members (excludes halogenated alkanes) is 1. The first-order valence-corrected chi connectivity index (χ1v) is 7.92. The quantitative estimate of drug-likeness (QED) is 0.768. The van der Waals surface area contributed by atoms with Gasteiger partial charge in [-0.3, -0.25) is 0 Å². The number of rotatable bonds is 6. The van der Waals surface area contributed by atoms with Gasteiger partial charge in [-0.1, -0.05) is 20.3 Å². The summed E-state index contributed by atoms with van der Waals surface area (Å²) >= 11 is 0. The summed E-state index contributed by atoms with van der Waals surface area (Å²) in [6, 6.07) is 0.502. The molecule has 0 atom stereocenters. The number of nitrogens with one attached hydrogen (secondary N) is 1. The smallest absolute Gasteiger partial charge is 0.214 e. The molecular weight excluding hydrogens is 224 g/mol. The van der Waals surface area contributed by atoms with E-state index in [0.29, 0.717) is 24.9 Å². The Morgan fingerprint density at radius 1 is 1.25 bits per heavy atom. The van der Waals surface area contributed by atoms with E-state index < -0.39 is 10.0 Å². The van der Waals surface area contributed by atoms with Gasteiger partial charge in [0.1, 0.15) is 0 Å². The third-order valence-corrected chi connectivity index (χ3v) is 5.05. The molecule has 1 rings (SSSR count). The van der Waals surface area contributed by atoms with Crippen molar-refractivity contribution in [2.24, 2.45) is 0 Å². The lowest BCUT2D eigenvalue weighted by Gasteiger charge is -2.31. The van der Waals surface area contributed by atoms with Crippen LogP contribution in [0.5, 0.6) is 0 Å². The van der Waals surface area contributed by atoms with Crippen molar-refractivity contribution in [2.75, 3.05) is 25.4 Å². The van der Waals surface area contributed by atoms with Crippen molar-refractivity contribution in [1.82, 2.24) is 9.62 Å². The molecule has 1 N–H and O–H groups in total. The molecule has 0 aromatic carbocycles. The van der Waals surface area contributed by atoms with Gasteiger partial charge >= 0.3 is 0 Å². The van der Waals surface area contributed by atoms with Crippen LogP contribution in [0.1, 0.15) is 39.5 Å². The predicted octanol–water partition coefficient (Wildman–Crippen LogP) is 1.19. The molecule has 0 aromatic rings. The Kier molecular flexibility index (Phi) is 5.72. The molecule has 1 aliphatic heterocycles. The Balaban J connectivity index is 2.40. The van der Waals surface area contributed by atoms with Crippen LogP contribution in [0.3, 0.4) is 0 Å². The molecular formula is C11H24N2O2S. The average Bonchev–Trinajstić information content (AvgIpc) is 2.28. The van der Waals surface area contributed by atoms with Crippen molar-refractivity contribution in [3.05, 3.63) is 0 Å². The molecule has 1 heterocycles. The van der Waals surface area contributed by atoms with E-state index in [1.807, 2.05) is 6.92 Å². The molecule has 0 unspecified atom stereocenters. The summed E-state index contributed by atoms with van der Waals surface area (Å²) in [6.45, 7) is 6.44. The minimum absolute atomic E-state index is 0.315. The molecule has 0 aromatic heterocycles. The monoisotopic (exact) mass is 248 g/mol. The molecule has 4 nitrogen and oxygen atoms in total. The lowest BCUT2D eigenvalue weighted by Crippen LogP contribution is -2.45. The maximum atomic E-state index is 11.9. The summed E-state index contributed by atoms with van der Waals surface area (Å²) in [6.07, 6.45) is 3.60. The van der Waals surface area contributed by atoms with E-state index in [0.717, 1.165) is 32.2 Å². The Bertz CT molecular complexity index is 282. The van der Waals surface area contributed by atoms with Crippen molar-refractivity contribution in [1.29, 1.82) is 0 Å². The molecule has 1 aliphatic rings. The fourth-order valence-electron chi connectivity index (χ4n) is 2.08. The van der Waals surface area contributed by atoms with Gasteiger partial charge in [0.25, 0.3) is 0 Å². The van der Waals surface area contributed by atoms with Gasteiger partial charge in [0.2, 0.25) is 10.0 Å². The van der Waals surface area contributed by atoms with Crippen molar-refractivity contribution < 1.29 is 8.42 Å². The second kappa shape index (κ2) is 6.57. The Morgan fingerprint density at radius 2 is 1.88 bits per heavy atom. The predicted molar refractivity (Wildman–Crippen MR) is 67.0 cm³/mol. The summed E-state index contributed by atoms with van der Waals surface area (Å²) in [5, 5.41) is 3.38. The van der Waals surface area contributed by atoms with Crippen LogP contribution in [-0.4, -0.2) is 44.2 Å². The fraction of sp³-hybridized carbons (Fsp3) is 1.00. The van der Waals surface area contributed by atoms with Crippen LogP contribution in [0.25, 0.3) is 0 Å². The minimum atomic E-state index is -2.98. The van der Waals surface area contributed by atoms with Gasteiger partial charge in [0.15, 0.2) is 0 Å². The van der Waals surface area contributed by atoms with E-state index in [1.165, 1.54) is 0 Å². The molecule has 0 aliphatic carbocycles. The van der Waals surface area contributed by atoms with Gasteiger partial charge in [-0.25, -0.2) is 12.7 Å². The topological polar surface area (TPSA) is 49.4 Å². The van der Waals surface area contributed by atoms with Crippen LogP contribution in [0.15, 0.2) is 0 Å². The maximum absolute atomic E-state index is 11.9. The van der Waals surface area contributed by atoms with Crippen molar-refractivity contribution in [3.8, 4) is 0 Å². The lowest BCUT2D eigenvalue weighted by atomic mass is 10.1. The third kappa shape index (κ3) is 4.03. The van der Waals surface area contributed by atoms with Crippen molar-refractivity contribution >= 4 is 10.0 Å². The van der Waals surface area contributed by atoms with Gasteiger partial charge in [0.05, 0.1) is 5.75 Å². The molecule has 0 bridgehead atoms. The van der Waals surface area contributed by atoms with Gasteiger partial charge in [-0.05, 0) is 25.8 Å². The van der Waals surface area contributed by atoms with E-state index in [2.05, 4.69) is 12.2 Å². The minimum Gasteiger partial charge on any atom is -0.314 e. The second-order valence-corrected chi connectivity index (χ2v) is 6.49. The van der Waals surface area contributed by atoms with E-state index in [1.54, 1.807) is 4.31 Å². The van der Waals surface area contributed by atoms with Crippen molar-refractivity contribution in [2.45, 2.75) is 45.6 Å². The zero-order chi connectivity index (χ0) is 12.0. The van der Waals surface area contributed by atoms with Crippen LogP contribution < -0.4 is 5.32 Å². The highest BCUT2D eigenvalue weighted by Crippen LogP contribution is 2.15. The van der Waals surface area contributed by atoms with Gasteiger partial charge in [-0.15, -0.1) is 0 Å². The van der Waals surface area contributed by atoms with Gasteiger partial charge in [0, 0.05) is 19.1 Å². The Morgan fingerprint density at radius 3 is 2.38 bits per heavy atom. The zero-order valence-corrected chi connectivity index (χ0v) is 11.2. The molecule has 96 valence electrons. The van der Waals surface area contributed by atoms with E-state index in [-0.39, 0.29) is 0 Å². The van der Waals surface area contributed by atoms with E-state index in [4.69, 9.17) is 0 Å². The molecule has 16 heavy (non-hydrogen) atoms. The van der Waals surface area contributed by atoms with Crippen LogP contribution in [0.2, 0.25) is 0 Å². The standard InChI is InChI=1S/C11H24N2O2S/c1-3-5-10-16(14,15)13-8-6-11(7-9-13)12-4-2/h11-12H,3-10H2,1-2H3. The second-order valence-electron chi connectivity index (χ2n) is 4.40. The fourth-order valence-corrected chi connectivity index (χ4v) is 3.76. The Labute approximate surface area is 99.5 Å². The van der Waals surface area contributed by atoms with Crippen LogP contribution in [-0.2, 0) is 10.0 Å². The number of nitrogens with zero attached hydrogens (tertiary/aromatic N) is 1. The highest BCUT2D eigenvalue weighted by molar-refractivity contribution is 7.89. The molecule has 1 saturated heterocycles. The number of hydrogen-bond acceptors (Lipinski definition) is 3. The maximum Gasteiger partial charge on any atom is 0.214 e. The third-order valence-electron chi connectivity index (χ3n) is 3.10. The molecule has 1 fully saturated rings.